The fourth-order valence-corrected chi connectivity index (χ4v) is 3.09. The predicted octanol–water partition coefficient (Wildman–Crippen LogP) is 3.13. The number of likely N-dealkylation sites (tertiary alicyclic amines) is 1. The average Bonchev–Trinajstić information content (AvgIpc) is 2.80. The van der Waals surface area contributed by atoms with Gasteiger partial charge in [-0.1, -0.05) is 30.3 Å². The summed E-state index contributed by atoms with van der Waals surface area (Å²) in [4.78, 5) is 14.5. The highest BCUT2D eigenvalue weighted by Gasteiger charge is 2.23. The minimum Gasteiger partial charge on any atom is -0.339 e. The number of rotatable bonds is 2. The van der Waals surface area contributed by atoms with E-state index < -0.39 is 0 Å². The highest BCUT2D eigenvalue weighted by Crippen LogP contribution is 2.28. The Hall–Kier alpha value is -2.10. The zero-order chi connectivity index (χ0) is 14.7. The van der Waals surface area contributed by atoms with E-state index in [1.54, 1.807) is 6.20 Å². The van der Waals surface area contributed by atoms with Gasteiger partial charge < -0.3 is 4.90 Å². The molecular formula is C17H21N3O. The summed E-state index contributed by atoms with van der Waals surface area (Å²) in [5, 5.41) is 6.79. The lowest BCUT2D eigenvalue weighted by atomic mass is 9.92. The van der Waals surface area contributed by atoms with Crippen molar-refractivity contribution in [1.29, 1.82) is 0 Å². The maximum absolute atomic E-state index is 12.5. The predicted molar refractivity (Wildman–Crippen MR) is 82.3 cm³/mol. The van der Waals surface area contributed by atoms with E-state index in [9.17, 15) is 4.79 Å². The summed E-state index contributed by atoms with van der Waals surface area (Å²) in [5.41, 5.74) is 2.95. The van der Waals surface area contributed by atoms with E-state index in [0.29, 0.717) is 11.5 Å². The molecule has 1 atom stereocenters. The van der Waals surface area contributed by atoms with Crippen molar-refractivity contribution in [3.05, 3.63) is 53.3 Å². The number of nitrogens with zero attached hydrogens (tertiary/aromatic N) is 2. The summed E-state index contributed by atoms with van der Waals surface area (Å²) in [6.45, 7) is 3.56. The van der Waals surface area contributed by atoms with Gasteiger partial charge in [-0.15, -0.1) is 0 Å². The van der Waals surface area contributed by atoms with E-state index in [2.05, 4.69) is 40.5 Å². The number of amides is 1. The first-order chi connectivity index (χ1) is 10.3. The number of carbonyl (C=O) groups is 1. The number of aromatic amines is 1. The fraction of sp³-hybridized carbons (Fsp3) is 0.412. The number of H-pyrrole nitrogens is 1. The van der Waals surface area contributed by atoms with Gasteiger partial charge in [-0.2, -0.15) is 5.10 Å². The molecule has 0 bridgehead atoms. The van der Waals surface area contributed by atoms with E-state index in [4.69, 9.17) is 0 Å². The minimum absolute atomic E-state index is 0.106. The van der Waals surface area contributed by atoms with E-state index in [1.807, 2.05) is 11.8 Å². The third kappa shape index (κ3) is 2.99. The summed E-state index contributed by atoms with van der Waals surface area (Å²) in [5.74, 6) is 0.671. The molecule has 2 heterocycles. The molecule has 1 saturated heterocycles. The molecule has 1 unspecified atom stereocenters. The van der Waals surface area contributed by atoms with Crippen LogP contribution in [0.1, 0.15) is 46.8 Å². The lowest BCUT2D eigenvalue weighted by Gasteiger charge is -2.20. The lowest BCUT2D eigenvalue weighted by molar-refractivity contribution is 0.0760. The first kappa shape index (κ1) is 13.9. The first-order valence-electron chi connectivity index (χ1n) is 7.60. The maximum atomic E-state index is 12.5. The molecule has 4 heteroatoms. The second kappa shape index (κ2) is 6.12. The smallest absolute Gasteiger partial charge is 0.257 e. The molecule has 21 heavy (non-hydrogen) atoms. The summed E-state index contributed by atoms with van der Waals surface area (Å²) in [7, 11) is 0. The Bertz CT molecular complexity index is 606. The van der Waals surface area contributed by atoms with Gasteiger partial charge in [0, 0.05) is 18.8 Å². The maximum Gasteiger partial charge on any atom is 0.257 e. The van der Waals surface area contributed by atoms with Crippen molar-refractivity contribution in [2.75, 3.05) is 13.1 Å². The monoisotopic (exact) mass is 283 g/mol. The van der Waals surface area contributed by atoms with Gasteiger partial charge in [0.15, 0.2) is 0 Å². The van der Waals surface area contributed by atoms with Crippen LogP contribution in [0.15, 0.2) is 36.5 Å². The Morgan fingerprint density at radius 1 is 1.24 bits per heavy atom. The van der Waals surface area contributed by atoms with Crippen molar-refractivity contribution in [3.63, 3.8) is 0 Å². The van der Waals surface area contributed by atoms with Crippen molar-refractivity contribution in [2.24, 2.45) is 0 Å². The highest BCUT2D eigenvalue weighted by molar-refractivity contribution is 5.95. The lowest BCUT2D eigenvalue weighted by Crippen LogP contribution is -2.32. The molecule has 0 aliphatic carbocycles. The Morgan fingerprint density at radius 3 is 2.76 bits per heavy atom. The van der Waals surface area contributed by atoms with Gasteiger partial charge in [0.05, 0.1) is 11.8 Å². The summed E-state index contributed by atoms with van der Waals surface area (Å²) >= 11 is 0. The quantitative estimate of drug-likeness (QED) is 0.920. The van der Waals surface area contributed by atoms with Crippen LogP contribution in [0.4, 0.5) is 0 Å². The number of carbonyl (C=O) groups excluding carboxylic acids is 1. The topological polar surface area (TPSA) is 49.0 Å². The van der Waals surface area contributed by atoms with Crippen LogP contribution < -0.4 is 0 Å². The van der Waals surface area contributed by atoms with Crippen LogP contribution in [-0.4, -0.2) is 34.1 Å². The van der Waals surface area contributed by atoms with Gasteiger partial charge in [-0.25, -0.2) is 0 Å². The number of hydrogen-bond donors (Lipinski definition) is 1. The van der Waals surface area contributed by atoms with Crippen LogP contribution in [0.2, 0.25) is 0 Å². The molecule has 1 aromatic carbocycles. The van der Waals surface area contributed by atoms with E-state index >= 15 is 0 Å². The SMILES string of the molecule is Cc1[nH]ncc1C(=O)N1CCCC(c2ccccc2)CC1. The molecule has 1 N–H and O–H groups in total. The molecule has 1 amide bonds. The molecule has 2 aromatic rings. The average molecular weight is 283 g/mol. The molecule has 1 aromatic heterocycles. The number of hydrogen-bond acceptors (Lipinski definition) is 2. The second-order valence-corrected chi connectivity index (χ2v) is 5.74. The van der Waals surface area contributed by atoms with Crippen molar-refractivity contribution >= 4 is 5.91 Å². The van der Waals surface area contributed by atoms with Crippen LogP contribution in [0.3, 0.4) is 0 Å². The van der Waals surface area contributed by atoms with Crippen LogP contribution in [0, 0.1) is 6.92 Å². The molecule has 3 rings (SSSR count). The van der Waals surface area contributed by atoms with Gasteiger partial charge in [0.2, 0.25) is 0 Å². The zero-order valence-corrected chi connectivity index (χ0v) is 12.4. The Morgan fingerprint density at radius 2 is 2.05 bits per heavy atom. The molecular weight excluding hydrogens is 262 g/mol. The van der Waals surface area contributed by atoms with Gasteiger partial charge in [0.1, 0.15) is 0 Å². The normalized spacial score (nSPS) is 19.3. The largest absolute Gasteiger partial charge is 0.339 e. The van der Waals surface area contributed by atoms with Gasteiger partial charge in [0.25, 0.3) is 5.91 Å². The number of benzene rings is 1. The van der Waals surface area contributed by atoms with Gasteiger partial charge >= 0.3 is 0 Å². The molecule has 1 aliphatic rings. The third-order valence-corrected chi connectivity index (χ3v) is 4.35. The highest BCUT2D eigenvalue weighted by atomic mass is 16.2. The number of aryl methyl sites for hydroxylation is 1. The molecule has 1 aliphatic heterocycles. The summed E-state index contributed by atoms with van der Waals surface area (Å²) in [6.07, 6.45) is 4.88. The molecule has 0 radical (unpaired) electrons. The van der Waals surface area contributed by atoms with Crippen LogP contribution in [0.5, 0.6) is 0 Å². The Labute approximate surface area is 125 Å². The van der Waals surface area contributed by atoms with Crippen LogP contribution in [0.25, 0.3) is 0 Å². The third-order valence-electron chi connectivity index (χ3n) is 4.35. The summed E-state index contributed by atoms with van der Waals surface area (Å²) in [6, 6.07) is 10.6. The zero-order valence-electron chi connectivity index (χ0n) is 12.4. The fourth-order valence-electron chi connectivity index (χ4n) is 3.09. The van der Waals surface area contributed by atoms with Crippen molar-refractivity contribution < 1.29 is 4.79 Å². The van der Waals surface area contributed by atoms with Crippen LogP contribution in [-0.2, 0) is 0 Å². The van der Waals surface area contributed by atoms with Crippen LogP contribution >= 0.6 is 0 Å². The standard InChI is InChI=1S/C17H21N3O/c1-13-16(12-18-19-13)17(21)20-10-5-8-15(9-11-20)14-6-3-2-4-7-14/h2-4,6-7,12,15H,5,8-11H2,1H3,(H,18,19). The summed E-state index contributed by atoms with van der Waals surface area (Å²) < 4.78 is 0. The van der Waals surface area contributed by atoms with E-state index in [-0.39, 0.29) is 5.91 Å². The van der Waals surface area contributed by atoms with E-state index in [0.717, 1.165) is 38.0 Å². The minimum atomic E-state index is 0.106. The van der Waals surface area contributed by atoms with E-state index in [1.165, 1.54) is 5.56 Å². The van der Waals surface area contributed by atoms with Crippen molar-refractivity contribution in [1.82, 2.24) is 15.1 Å². The van der Waals surface area contributed by atoms with Gasteiger partial charge in [-0.3, -0.25) is 9.89 Å². The first-order valence-corrected chi connectivity index (χ1v) is 7.60. The van der Waals surface area contributed by atoms with Crippen molar-refractivity contribution in [2.45, 2.75) is 32.1 Å². The molecule has 4 nitrogen and oxygen atoms in total. The molecule has 0 saturated carbocycles. The van der Waals surface area contributed by atoms with Gasteiger partial charge in [-0.05, 0) is 37.7 Å². The Kier molecular flexibility index (Phi) is 4.04. The number of nitrogens with one attached hydrogen (secondary N) is 1. The molecule has 110 valence electrons. The molecule has 1 fully saturated rings. The second-order valence-electron chi connectivity index (χ2n) is 5.74. The van der Waals surface area contributed by atoms with Crippen molar-refractivity contribution in [3.8, 4) is 0 Å². The Balaban J connectivity index is 1.69. The number of aromatic nitrogens is 2. The molecule has 0 spiro atoms.